The van der Waals surface area contributed by atoms with Gasteiger partial charge in [-0.25, -0.2) is 0 Å². The highest BCUT2D eigenvalue weighted by atomic mass is 14.6. The van der Waals surface area contributed by atoms with Crippen molar-refractivity contribution in [3.63, 3.8) is 0 Å². The zero-order chi connectivity index (χ0) is 19.1. The van der Waals surface area contributed by atoms with E-state index in [-0.39, 0.29) is 0 Å². The van der Waals surface area contributed by atoms with E-state index in [1.54, 1.807) is 6.08 Å². The lowest BCUT2D eigenvalue weighted by Crippen LogP contribution is -1.99. The van der Waals surface area contributed by atoms with Crippen LogP contribution < -0.4 is 5.73 Å². The van der Waals surface area contributed by atoms with Crippen molar-refractivity contribution in [2.45, 2.75) is 20.3 Å². The number of hydrogen-bond acceptors (Lipinski definition) is 2. The van der Waals surface area contributed by atoms with Gasteiger partial charge in [-0.2, -0.15) is 0 Å². The second-order valence-corrected chi connectivity index (χ2v) is 6.29. The summed E-state index contributed by atoms with van der Waals surface area (Å²) in [7, 11) is 0. The molecule has 0 atom stereocenters. The maximum atomic E-state index is 7.64. The molecule has 0 radical (unpaired) electrons. The van der Waals surface area contributed by atoms with Gasteiger partial charge in [0.15, 0.2) is 0 Å². The topological polar surface area (TPSA) is 49.9 Å². The summed E-state index contributed by atoms with van der Waals surface area (Å²) in [6.07, 6.45) is 9.74. The molecule has 0 saturated carbocycles. The van der Waals surface area contributed by atoms with E-state index in [1.807, 2.05) is 31.2 Å². The lowest BCUT2D eigenvalue weighted by atomic mass is 9.88. The van der Waals surface area contributed by atoms with E-state index in [0.29, 0.717) is 5.69 Å². The van der Waals surface area contributed by atoms with Gasteiger partial charge in [0.25, 0.3) is 0 Å². The van der Waals surface area contributed by atoms with E-state index in [0.717, 1.165) is 28.7 Å². The molecule has 0 heterocycles. The van der Waals surface area contributed by atoms with Crippen LogP contribution in [-0.4, -0.2) is 6.21 Å². The maximum absolute atomic E-state index is 7.64. The number of nitrogen functional groups attached to an aromatic ring is 1. The van der Waals surface area contributed by atoms with Gasteiger partial charge in [0.2, 0.25) is 0 Å². The molecule has 0 aliphatic carbocycles. The Morgan fingerprint density at radius 1 is 1.15 bits per heavy atom. The van der Waals surface area contributed by atoms with E-state index in [9.17, 15) is 0 Å². The fourth-order valence-corrected chi connectivity index (χ4v) is 3.04. The molecule has 26 heavy (non-hydrogen) atoms. The van der Waals surface area contributed by atoms with Crippen molar-refractivity contribution in [1.29, 1.82) is 5.41 Å². The van der Waals surface area contributed by atoms with Crippen LogP contribution in [-0.2, 0) is 0 Å². The summed E-state index contributed by atoms with van der Waals surface area (Å²) in [6.45, 7) is 11.9. The molecule has 0 amide bonds. The second kappa shape index (κ2) is 8.82. The number of nitrogens with two attached hydrogens (primary N) is 1. The minimum Gasteiger partial charge on any atom is -0.398 e. The Morgan fingerprint density at radius 3 is 2.54 bits per heavy atom. The molecule has 0 fully saturated rings. The zero-order valence-electron chi connectivity index (χ0n) is 15.5. The third kappa shape index (κ3) is 4.28. The number of benzene rings is 2. The van der Waals surface area contributed by atoms with E-state index in [4.69, 9.17) is 11.1 Å². The summed E-state index contributed by atoms with van der Waals surface area (Å²) in [4.78, 5) is 0. The fraction of sp³-hybridized carbons (Fsp3) is 0.125. The van der Waals surface area contributed by atoms with Crippen molar-refractivity contribution in [2.75, 3.05) is 5.73 Å². The number of rotatable bonds is 7. The highest BCUT2D eigenvalue weighted by molar-refractivity contribution is 5.99. The highest BCUT2D eigenvalue weighted by Gasteiger charge is 2.13. The second-order valence-electron chi connectivity index (χ2n) is 6.29. The molecule has 2 aromatic rings. The number of anilines is 1. The Hall–Kier alpha value is -3.13. The summed E-state index contributed by atoms with van der Waals surface area (Å²) in [5, 5.41) is 7.64. The van der Waals surface area contributed by atoms with Gasteiger partial charge in [-0.1, -0.05) is 60.7 Å². The van der Waals surface area contributed by atoms with Crippen LogP contribution in [0.1, 0.15) is 34.2 Å². The van der Waals surface area contributed by atoms with E-state index < -0.39 is 0 Å². The summed E-state index contributed by atoms with van der Waals surface area (Å²) in [6, 6.07) is 12.4. The Labute approximate surface area is 156 Å². The lowest BCUT2D eigenvalue weighted by Gasteiger charge is -2.17. The van der Waals surface area contributed by atoms with E-state index >= 15 is 0 Å². The molecule has 0 spiro atoms. The predicted molar refractivity (Wildman–Crippen MR) is 116 cm³/mol. The van der Waals surface area contributed by atoms with Crippen molar-refractivity contribution in [3.05, 3.63) is 102 Å². The van der Waals surface area contributed by atoms with Gasteiger partial charge in [-0.3, -0.25) is 0 Å². The molecule has 0 aliphatic rings. The van der Waals surface area contributed by atoms with Crippen LogP contribution in [0.25, 0.3) is 11.1 Å². The molecule has 2 nitrogen and oxygen atoms in total. The average Bonchev–Trinajstić information content (AvgIpc) is 2.62. The molecule has 0 saturated heterocycles. The number of aryl methyl sites for hydroxylation is 2. The summed E-state index contributed by atoms with van der Waals surface area (Å²) in [5.41, 5.74) is 14.2. The summed E-state index contributed by atoms with van der Waals surface area (Å²) in [5.74, 6) is 0. The maximum Gasteiger partial charge on any atom is 0.0406 e. The third-order valence-electron chi connectivity index (χ3n) is 4.31. The predicted octanol–water partition coefficient (Wildman–Crippen LogP) is 6.11. The smallest absolute Gasteiger partial charge is 0.0406 e. The van der Waals surface area contributed by atoms with Gasteiger partial charge in [0.05, 0.1) is 0 Å². The van der Waals surface area contributed by atoms with Gasteiger partial charge in [0.1, 0.15) is 0 Å². The molecule has 0 bridgehead atoms. The first-order chi connectivity index (χ1) is 12.5. The van der Waals surface area contributed by atoms with E-state index in [1.165, 1.54) is 22.9 Å². The van der Waals surface area contributed by atoms with Crippen LogP contribution in [0.5, 0.6) is 0 Å². The van der Waals surface area contributed by atoms with Gasteiger partial charge in [0, 0.05) is 17.5 Å². The summed E-state index contributed by atoms with van der Waals surface area (Å²) >= 11 is 0. The first-order valence-electron chi connectivity index (χ1n) is 8.63. The Bertz CT molecular complexity index is 898. The quantitative estimate of drug-likeness (QED) is 0.206. The van der Waals surface area contributed by atoms with Crippen LogP contribution in [0.15, 0.2) is 73.9 Å². The van der Waals surface area contributed by atoms with Crippen LogP contribution in [0.2, 0.25) is 0 Å². The Kier molecular flexibility index (Phi) is 6.51. The first kappa shape index (κ1) is 19.2. The largest absolute Gasteiger partial charge is 0.398 e. The highest BCUT2D eigenvalue weighted by Crippen LogP contribution is 2.34. The average molecular weight is 342 g/mol. The standard InChI is InChI=1S/C24H26N2/c1-5-7-12-22(23-15-20(16-25)24(26)14-18(23)4)21(9-6-2)19-11-8-10-17(3)13-19/h5-8,10-16,25H,1-2,9,26H2,3-4H3. The van der Waals surface area contributed by atoms with Gasteiger partial charge < -0.3 is 11.1 Å². The van der Waals surface area contributed by atoms with Crippen LogP contribution in [0.3, 0.4) is 0 Å². The van der Waals surface area contributed by atoms with Crippen molar-refractivity contribution < 1.29 is 0 Å². The normalized spacial score (nSPS) is 11.9. The van der Waals surface area contributed by atoms with Crippen LogP contribution in [0, 0.1) is 19.3 Å². The molecule has 132 valence electrons. The van der Waals surface area contributed by atoms with Crippen molar-refractivity contribution >= 4 is 23.0 Å². The first-order valence-corrected chi connectivity index (χ1v) is 8.63. The zero-order valence-corrected chi connectivity index (χ0v) is 15.5. The number of nitrogens with one attached hydrogen (secondary N) is 1. The van der Waals surface area contributed by atoms with Crippen molar-refractivity contribution in [1.82, 2.24) is 0 Å². The van der Waals surface area contributed by atoms with Crippen LogP contribution >= 0.6 is 0 Å². The number of allylic oxidation sites excluding steroid dienone is 6. The van der Waals surface area contributed by atoms with Crippen molar-refractivity contribution in [2.24, 2.45) is 0 Å². The van der Waals surface area contributed by atoms with Crippen molar-refractivity contribution in [3.8, 4) is 0 Å². The Balaban J connectivity index is 2.84. The molecule has 2 aromatic carbocycles. The van der Waals surface area contributed by atoms with Crippen LogP contribution in [0.4, 0.5) is 5.69 Å². The molecule has 0 unspecified atom stereocenters. The van der Waals surface area contributed by atoms with Gasteiger partial charge in [-0.05, 0) is 60.2 Å². The van der Waals surface area contributed by atoms with Gasteiger partial charge in [-0.15, -0.1) is 6.58 Å². The fourth-order valence-electron chi connectivity index (χ4n) is 3.04. The minimum absolute atomic E-state index is 0.620. The minimum atomic E-state index is 0.620. The molecule has 0 aliphatic heterocycles. The molecule has 2 heteroatoms. The number of hydrogen-bond donors (Lipinski definition) is 2. The molecule has 0 aromatic heterocycles. The molecular weight excluding hydrogens is 316 g/mol. The third-order valence-corrected chi connectivity index (χ3v) is 4.31. The molecule has 2 rings (SSSR count). The van der Waals surface area contributed by atoms with Gasteiger partial charge >= 0.3 is 0 Å². The summed E-state index contributed by atoms with van der Waals surface area (Å²) < 4.78 is 0. The SMILES string of the molecule is C=CC=CC(=C(CC=C)c1cccc(C)c1)c1cc(C=N)c(N)cc1C. The Morgan fingerprint density at radius 2 is 1.92 bits per heavy atom. The molecular formula is C24H26N2. The monoisotopic (exact) mass is 342 g/mol. The lowest BCUT2D eigenvalue weighted by molar-refractivity contribution is 1.35. The van der Waals surface area contributed by atoms with E-state index in [2.05, 4.69) is 50.4 Å². The molecule has 3 N–H and O–H groups in total.